The van der Waals surface area contributed by atoms with Gasteiger partial charge in [-0.1, -0.05) is 24.3 Å². The number of hydrogen-bond acceptors (Lipinski definition) is 2. The molecule has 0 radical (unpaired) electrons. The molecule has 0 amide bonds. The molecule has 3 nitrogen and oxygen atoms in total. The highest BCUT2D eigenvalue weighted by Crippen LogP contribution is 2.13. The second-order valence-corrected chi connectivity index (χ2v) is 5.86. The first kappa shape index (κ1) is 15.1. The van der Waals surface area contributed by atoms with E-state index in [0.717, 1.165) is 5.69 Å². The maximum Gasteiger partial charge on any atom is 0.196 e. The molecule has 0 N–H and O–H groups in total. The number of halogens is 1. The molecular weight excluding hydrogens is 361 g/mol. The zero-order chi connectivity index (χ0) is 12.3. The molecule has 96 valence electrons. The molecule has 5 heteroatoms. The van der Waals surface area contributed by atoms with Crippen LogP contribution in [0.2, 0.25) is 0 Å². The number of sulfone groups is 1. The fourth-order valence-electron chi connectivity index (χ4n) is 1.61. The maximum atomic E-state index is 12.1. The lowest BCUT2D eigenvalue weighted by Crippen LogP contribution is -3.00. The zero-order valence-electron chi connectivity index (χ0n) is 9.95. The minimum absolute atomic E-state index is 0. The third-order valence-electron chi connectivity index (χ3n) is 2.60. The van der Waals surface area contributed by atoms with Crippen LogP contribution in [0.25, 0.3) is 0 Å². The van der Waals surface area contributed by atoms with Gasteiger partial charge in [0.15, 0.2) is 21.7 Å². The number of nitrogens with zero attached hydrogens (tertiary/aromatic N) is 1. The van der Waals surface area contributed by atoms with Crippen molar-refractivity contribution < 1.29 is 37.0 Å². The van der Waals surface area contributed by atoms with E-state index in [1.165, 1.54) is 0 Å². The largest absolute Gasteiger partial charge is 1.00 e. The second kappa shape index (κ2) is 6.29. The summed E-state index contributed by atoms with van der Waals surface area (Å²) in [7, 11) is -1.41. The molecule has 0 aliphatic rings. The van der Waals surface area contributed by atoms with Crippen LogP contribution in [0, 0.1) is 0 Å². The number of aryl methyl sites for hydroxylation is 1. The van der Waals surface area contributed by atoms with Gasteiger partial charge in [0.25, 0.3) is 0 Å². The molecule has 0 atom stereocenters. The highest BCUT2D eigenvalue weighted by atomic mass is 127. The van der Waals surface area contributed by atoms with Crippen LogP contribution in [-0.2, 0) is 22.6 Å². The van der Waals surface area contributed by atoms with E-state index in [4.69, 9.17) is 0 Å². The van der Waals surface area contributed by atoms with Crippen molar-refractivity contribution >= 4 is 9.84 Å². The van der Waals surface area contributed by atoms with Crippen LogP contribution in [0.15, 0.2) is 59.6 Å². The molecule has 0 unspecified atom stereocenters. The molecule has 0 aliphatic heterocycles. The Bertz CT molecular complexity index is 612. The summed E-state index contributed by atoms with van der Waals surface area (Å²) >= 11 is 0. The highest BCUT2D eigenvalue weighted by molar-refractivity contribution is 7.90. The Hall–Kier alpha value is -0.950. The molecule has 1 aromatic carbocycles. The molecule has 18 heavy (non-hydrogen) atoms. The second-order valence-electron chi connectivity index (χ2n) is 3.88. The monoisotopic (exact) mass is 375 g/mol. The van der Waals surface area contributed by atoms with Crippen LogP contribution in [0.1, 0.15) is 5.69 Å². The average Bonchev–Trinajstić information content (AvgIpc) is 2.33. The Labute approximate surface area is 124 Å². The van der Waals surface area contributed by atoms with E-state index in [-0.39, 0.29) is 29.7 Å². The van der Waals surface area contributed by atoms with Crippen LogP contribution in [-0.4, -0.2) is 8.42 Å². The van der Waals surface area contributed by atoms with Gasteiger partial charge in [-0.05, 0) is 12.1 Å². The van der Waals surface area contributed by atoms with E-state index in [9.17, 15) is 8.42 Å². The molecule has 0 aliphatic carbocycles. The predicted octanol–water partition coefficient (Wildman–Crippen LogP) is -1.51. The average molecular weight is 375 g/mol. The fourth-order valence-corrected chi connectivity index (χ4v) is 3.04. The molecule has 2 aromatic rings. The maximum absolute atomic E-state index is 12.1. The first-order chi connectivity index (χ1) is 8.09. The van der Waals surface area contributed by atoms with Gasteiger partial charge < -0.3 is 24.0 Å². The summed E-state index contributed by atoms with van der Waals surface area (Å²) in [5.41, 5.74) is 0.774. The number of rotatable bonds is 3. The highest BCUT2D eigenvalue weighted by Gasteiger charge is 2.19. The minimum atomic E-state index is -3.26. The van der Waals surface area contributed by atoms with E-state index in [2.05, 4.69) is 0 Å². The Morgan fingerprint density at radius 2 is 1.61 bits per heavy atom. The van der Waals surface area contributed by atoms with Gasteiger partial charge in [0, 0.05) is 12.1 Å². The molecule has 0 saturated heterocycles. The van der Waals surface area contributed by atoms with E-state index >= 15 is 0 Å². The van der Waals surface area contributed by atoms with Gasteiger partial charge in [-0.25, -0.2) is 13.0 Å². The third-order valence-corrected chi connectivity index (χ3v) is 4.27. The summed E-state index contributed by atoms with van der Waals surface area (Å²) in [6, 6.07) is 14.1. The molecule has 1 heterocycles. The van der Waals surface area contributed by atoms with Gasteiger partial charge in [-0.15, -0.1) is 0 Å². The Morgan fingerprint density at radius 1 is 1.00 bits per heavy atom. The Morgan fingerprint density at radius 3 is 2.22 bits per heavy atom. The van der Waals surface area contributed by atoms with Crippen molar-refractivity contribution in [3.05, 3.63) is 60.4 Å². The van der Waals surface area contributed by atoms with Crippen molar-refractivity contribution in [3.8, 4) is 0 Å². The summed E-state index contributed by atoms with van der Waals surface area (Å²) in [4.78, 5) is 0.365. The lowest BCUT2D eigenvalue weighted by Gasteiger charge is -2.02. The number of hydrogen-bond donors (Lipinski definition) is 0. The SMILES string of the molecule is C[n+]1ccccc1CS(=O)(=O)c1ccccc1.[I-]. The lowest BCUT2D eigenvalue weighted by molar-refractivity contribution is -0.678. The lowest BCUT2D eigenvalue weighted by atomic mass is 10.4. The number of pyridine rings is 1. The number of benzene rings is 1. The summed E-state index contributed by atoms with van der Waals surface area (Å²) in [6.07, 6.45) is 1.84. The van der Waals surface area contributed by atoms with E-state index < -0.39 is 9.84 Å². The summed E-state index contributed by atoms with van der Waals surface area (Å²) in [5.74, 6) is 0.0222. The van der Waals surface area contributed by atoms with Gasteiger partial charge in [0.1, 0.15) is 12.8 Å². The van der Waals surface area contributed by atoms with Crippen LogP contribution < -0.4 is 28.5 Å². The standard InChI is InChI=1S/C13H14NO2S.HI/c1-14-10-6-5-7-12(14)11-17(15,16)13-8-3-2-4-9-13;/h2-10H,11H2,1H3;1H/q+1;/p-1. The Balaban J connectivity index is 0.00000162. The van der Waals surface area contributed by atoms with Crippen LogP contribution in [0.5, 0.6) is 0 Å². The van der Waals surface area contributed by atoms with Crippen molar-refractivity contribution in [2.75, 3.05) is 0 Å². The van der Waals surface area contributed by atoms with Gasteiger partial charge >= 0.3 is 0 Å². The van der Waals surface area contributed by atoms with Crippen molar-refractivity contribution in [2.24, 2.45) is 7.05 Å². The van der Waals surface area contributed by atoms with E-state index in [1.54, 1.807) is 24.3 Å². The van der Waals surface area contributed by atoms with Gasteiger partial charge in [-0.3, -0.25) is 0 Å². The predicted molar refractivity (Wildman–Crippen MR) is 64.9 cm³/mol. The number of aromatic nitrogens is 1. The quantitative estimate of drug-likeness (QED) is 0.484. The molecular formula is C13H14INO2S. The molecule has 0 saturated carbocycles. The van der Waals surface area contributed by atoms with Gasteiger partial charge in [-0.2, -0.15) is 0 Å². The summed E-state index contributed by atoms with van der Waals surface area (Å²) in [5, 5.41) is 0. The van der Waals surface area contributed by atoms with Gasteiger partial charge in [0.05, 0.1) is 4.90 Å². The summed E-state index contributed by atoms with van der Waals surface area (Å²) < 4.78 is 26.1. The molecule has 0 bridgehead atoms. The van der Waals surface area contributed by atoms with Crippen molar-refractivity contribution in [1.29, 1.82) is 0 Å². The van der Waals surface area contributed by atoms with E-state index in [1.807, 2.05) is 42.1 Å². The fraction of sp³-hybridized carbons (Fsp3) is 0.154. The molecule has 0 fully saturated rings. The normalized spacial score (nSPS) is 10.7. The van der Waals surface area contributed by atoms with Crippen LogP contribution >= 0.6 is 0 Å². The summed E-state index contributed by atoms with van der Waals surface area (Å²) in [6.45, 7) is 0. The minimum Gasteiger partial charge on any atom is -1.00 e. The first-order valence-electron chi connectivity index (χ1n) is 5.31. The topological polar surface area (TPSA) is 38.0 Å². The zero-order valence-corrected chi connectivity index (χ0v) is 12.9. The first-order valence-corrected chi connectivity index (χ1v) is 6.96. The van der Waals surface area contributed by atoms with Crippen molar-refractivity contribution in [1.82, 2.24) is 0 Å². The Kier molecular flexibility index (Phi) is 5.28. The molecule has 1 aromatic heterocycles. The van der Waals surface area contributed by atoms with Crippen molar-refractivity contribution in [3.63, 3.8) is 0 Å². The van der Waals surface area contributed by atoms with Crippen LogP contribution in [0.4, 0.5) is 0 Å². The smallest absolute Gasteiger partial charge is 0.196 e. The third kappa shape index (κ3) is 3.52. The molecule has 0 spiro atoms. The van der Waals surface area contributed by atoms with E-state index in [0.29, 0.717) is 4.90 Å². The molecule has 2 rings (SSSR count). The van der Waals surface area contributed by atoms with Crippen molar-refractivity contribution in [2.45, 2.75) is 10.6 Å². The van der Waals surface area contributed by atoms with Crippen LogP contribution in [0.3, 0.4) is 0 Å². The van der Waals surface area contributed by atoms with Gasteiger partial charge in [0.2, 0.25) is 0 Å².